The van der Waals surface area contributed by atoms with Crippen molar-refractivity contribution in [2.45, 2.75) is 13.2 Å². The van der Waals surface area contributed by atoms with E-state index < -0.39 is 0 Å². The van der Waals surface area contributed by atoms with Crippen molar-refractivity contribution in [3.63, 3.8) is 0 Å². The van der Waals surface area contributed by atoms with Crippen LogP contribution in [0.25, 0.3) is 0 Å². The van der Waals surface area contributed by atoms with Gasteiger partial charge in [0.25, 0.3) is 0 Å². The molecule has 4 aromatic rings. The topological polar surface area (TPSA) is 54.0 Å². The summed E-state index contributed by atoms with van der Waals surface area (Å²) in [5, 5.41) is 0.783. The fraction of sp³-hybridized carbons (Fsp3) is 0.138. The molecule has 0 fully saturated rings. The minimum Gasteiger partial charge on any atom is -0.496 e. The SMILES string of the molecule is COc1cccc(OC)c1C(=O)Pc1ccc(OCc2ccccc2)cc1OCc1ccccc1. The molecule has 0 aliphatic rings. The van der Waals surface area contributed by atoms with Crippen molar-refractivity contribution in [2.24, 2.45) is 0 Å². The molecule has 0 aromatic heterocycles. The molecule has 6 heteroatoms. The maximum Gasteiger partial charge on any atom is 0.193 e. The molecule has 0 aliphatic carbocycles. The molecule has 0 heterocycles. The highest BCUT2D eigenvalue weighted by Crippen LogP contribution is 2.36. The third-order valence-electron chi connectivity index (χ3n) is 5.34. The fourth-order valence-corrected chi connectivity index (χ4v) is 4.60. The summed E-state index contributed by atoms with van der Waals surface area (Å²) in [6.45, 7) is 0.824. The zero-order valence-electron chi connectivity index (χ0n) is 19.7. The van der Waals surface area contributed by atoms with Crippen molar-refractivity contribution >= 4 is 19.4 Å². The molecular weight excluding hydrogens is 459 g/mol. The van der Waals surface area contributed by atoms with Crippen LogP contribution in [0.5, 0.6) is 23.0 Å². The van der Waals surface area contributed by atoms with Gasteiger partial charge in [-0.2, -0.15) is 0 Å². The van der Waals surface area contributed by atoms with Gasteiger partial charge in [0, 0.05) is 11.4 Å². The van der Waals surface area contributed by atoms with Crippen LogP contribution in [-0.2, 0) is 13.2 Å². The van der Waals surface area contributed by atoms with Gasteiger partial charge in [0.1, 0.15) is 41.8 Å². The molecule has 0 spiro atoms. The fourth-order valence-electron chi connectivity index (χ4n) is 3.55. The van der Waals surface area contributed by atoms with Crippen molar-refractivity contribution < 1.29 is 23.7 Å². The number of rotatable bonds is 11. The second kappa shape index (κ2) is 12.0. The highest BCUT2D eigenvalue weighted by Gasteiger charge is 2.20. The first-order chi connectivity index (χ1) is 17.2. The molecule has 0 saturated heterocycles. The van der Waals surface area contributed by atoms with E-state index in [0.717, 1.165) is 16.4 Å². The molecule has 1 atom stereocenters. The molecule has 0 saturated carbocycles. The summed E-state index contributed by atoms with van der Waals surface area (Å²) in [5.74, 6) is 2.25. The van der Waals surface area contributed by atoms with Gasteiger partial charge in [0.05, 0.1) is 14.2 Å². The van der Waals surface area contributed by atoms with Gasteiger partial charge in [-0.25, -0.2) is 0 Å². The van der Waals surface area contributed by atoms with Gasteiger partial charge >= 0.3 is 0 Å². The second-order valence-electron chi connectivity index (χ2n) is 7.70. The minimum atomic E-state index is -0.187. The van der Waals surface area contributed by atoms with Crippen molar-refractivity contribution in [1.82, 2.24) is 0 Å². The molecule has 0 bridgehead atoms. The molecule has 5 nitrogen and oxygen atoms in total. The Hall–Kier alpha value is -3.82. The average Bonchev–Trinajstić information content (AvgIpc) is 2.92. The van der Waals surface area contributed by atoms with Crippen molar-refractivity contribution in [2.75, 3.05) is 14.2 Å². The first-order valence-electron chi connectivity index (χ1n) is 11.2. The zero-order chi connectivity index (χ0) is 24.5. The molecule has 1 unspecified atom stereocenters. The van der Waals surface area contributed by atoms with Gasteiger partial charge in [-0.3, -0.25) is 4.79 Å². The van der Waals surface area contributed by atoms with Gasteiger partial charge in [0.15, 0.2) is 5.52 Å². The van der Waals surface area contributed by atoms with E-state index in [2.05, 4.69) is 0 Å². The van der Waals surface area contributed by atoms with Crippen LogP contribution in [0, 0.1) is 0 Å². The first kappa shape index (κ1) is 24.3. The van der Waals surface area contributed by atoms with E-state index in [1.807, 2.05) is 78.9 Å². The van der Waals surface area contributed by atoms with E-state index in [1.54, 1.807) is 32.4 Å². The number of benzene rings is 4. The molecule has 0 aliphatic heterocycles. The van der Waals surface area contributed by atoms with Crippen molar-refractivity contribution in [1.29, 1.82) is 0 Å². The molecule has 0 N–H and O–H groups in total. The molecule has 178 valence electrons. The molecule has 4 aromatic carbocycles. The molecule has 4 rings (SSSR count). The van der Waals surface area contributed by atoms with Crippen LogP contribution in [0.2, 0.25) is 0 Å². The van der Waals surface area contributed by atoms with E-state index in [1.165, 1.54) is 0 Å². The predicted molar refractivity (Wildman–Crippen MR) is 140 cm³/mol. The standard InChI is InChI=1S/C29H27O5P/c1-31-24-14-9-15-25(32-2)28(24)29(30)35-27-17-16-23(33-19-21-10-5-3-6-11-21)18-26(27)34-20-22-12-7-4-8-13-22/h3-18,35H,19-20H2,1-2H3. The molecular formula is C29H27O5P. The number of ether oxygens (including phenoxy) is 4. The van der Waals surface area contributed by atoms with Crippen LogP contribution in [0.15, 0.2) is 97.1 Å². The van der Waals surface area contributed by atoms with Crippen LogP contribution < -0.4 is 24.3 Å². The summed E-state index contributed by atoms with van der Waals surface area (Å²) in [5.41, 5.74) is 2.44. The normalized spacial score (nSPS) is 10.8. The van der Waals surface area contributed by atoms with Crippen LogP contribution in [0.4, 0.5) is 0 Å². The number of hydrogen-bond acceptors (Lipinski definition) is 5. The van der Waals surface area contributed by atoms with E-state index in [4.69, 9.17) is 18.9 Å². The second-order valence-corrected chi connectivity index (χ2v) is 8.94. The molecule has 35 heavy (non-hydrogen) atoms. The summed E-state index contributed by atoms with van der Waals surface area (Å²) in [4.78, 5) is 13.4. The van der Waals surface area contributed by atoms with Crippen LogP contribution in [0.1, 0.15) is 21.5 Å². The van der Waals surface area contributed by atoms with Crippen LogP contribution in [0.3, 0.4) is 0 Å². The van der Waals surface area contributed by atoms with E-state index >= 15 is 0 Å². The zero-order valence-corrected chi connectivity index (χ0v) is 20.7. The quantitative estimate of drug-likeness (QED) is 0.243. The van der Waals surface area contributed by atoms with Gasteiger partial charge in [0.2, 0.25) is 0 Å². The summed E-state index contributed by atoms with van der Waals surface area (Å²) in [6.07, 6.45) is 0. The van der Waals surface area contributed by atoms with Gasteiger partial charge in [-0.15, -0.1) is 0 Å². The predicted octanol–water partition coefficient (Wildman–Crippen LogP) is 6.01. The number of hydrogen-bond donors (Lipinski definition) is 0. The Labute approximate surface area is 207 Å². The summed E-state index contributed by atoms with van der Waals surface area (Å²) >= 11 is 0. The lowest BCUT2D eigenvalue weighted by Crippen LogP contribution is -2.09. The van der Waals surface area contributed by atoms with Crippen LogP contribution in [-0.4, -0.2) is 19.7 Å². The lowest BCUT2D eigenvalue weighted by Gasteiger charge is -2.16. The Morgan fingerprint density at radius 2 is 1.23 bits per heavy atom. The van der Waals surface area contributed by atoms with Crippen molar-refractivity contribution in [3.8, 4) is 23.0 Å². The molecule has 0 amide bonds. The van der Waals surface area contributed by atoms with E-state index in [-0.39, 0.29) is 14.1 Å². The number of carbonyl (C=O) groups is 1. The van der Waals surface area contributed by atoms with E-state index in [0.29, 0.717) is 41.8 Å². The Kier molecular flexibility index (Phi) is 8.37. The highest BCUT2D eigenvalue weighted by atomic mass is 31.1. The lowest BCUT2D eigenvalue weighted by atomic mass is 10.2. The van der Waals surface area contributed by atoms with E-state index in [9.17, 15) is 4.79 Å². The average molecular weight is 487 g/mol. The van der Waals surface area contributed by atoms with Gasteiger partial charge in [-0.1, -0.05) is 66.7 Å². The highest BCUT2D eigenvalue weighted by molar-refractivity contribution is 7.66. The third-order valence-corrected chi connectivity index (χ3v) is 6.50. The Morgan fingerprint density at radius 3 is 1.80 bits per heavy atom. The Morgan fingerprint density at radius 1 is 0.657 bits per heavy atom. The maximum absolute atomic E-state index is 13.4. The first-order valence-corrected chi connectivity index (χ1v) is 12.2. The summed E-state index contributed by atoms with van der Waals surface area (Å²) < 4.78 is 23.0. The minimum absolute atomic E-state index is 0.0955. The largest absolute Gasteiger partial charge is 0.496 e. The number of methoxy groups -OCH3 is 2. The Bertz CT molecular complexity index is 1240. The Balaban J connectivity index is 1.59. The van der Waals surface area contributed by atoms with Crippen LogP contribution >= 0.6 is 8.58 Å². The summed E-state index contributed by atoms with van der Waals surface area (Å²) in [7, 11) is 2.90. The third kappa shape index (κ3) is 6.40. The lowest BCUT2D eigenvalue weighted by molar-refractivity contribution is 0.108. The molecule has 0 radical (unpaired) electrons. The smallest absolute Gasteiger partial charge is 0.193 e. The van der Waals surface area contributed by atoms with Gasteiger partial charge < -0.3 is 18.9 Å². The van der Waals surface area contributed by atoms with Crippen molar-refractivity contribution in [3.05, 3.63) is 114 Å². The van der Waals surface area contributed by atoms with Gasteiger partial charge in [-0.05, 0) is 44.0 Å². The number of carbonyl (C=O) groups excluding carboxylic acids is 1. The monoisotopic (exact) mass is 486 g/mol. The maximum atomic E-state index is 13.4. The summed E-state index contributed by atoms with van der Waals surface area (Å²) in [6, 6.07) is 30.8.